The van der Waals surface area contributed by atoms with E-state index >= 15 is 0 Å². The first-order valence-electron chi connectivity index (χ1n) is 6.46. The van der Waals surface area contributed by atoms with Crippen LogP contribution in [0.4, 0.5) is 5.13 Å². The van der Waals surface area contributed by atoms with Gasteiger partial charge in [0.2, 0.25) is 5.88 Å². The van der Waals surface area contributed by atoms with Gasteiger partial charge in [-0.2, -0.15) is 0 Å². The first-order chi connectivity index (χ1) is 10.3. The van der Waals surface area contributed by atoms with Crippen LogP contribution in [0.1, 0.15) is 5.56 Å². The Labute approximate surface area is 126 Å². The molecule has 0 saturated heterocycles. The summed E-state index contributed by atoms with van der Waals surface area (Å²) in [7, 11) is 3.27. The van der Waals surface area contributed by atoms with Crippen molar-refractivity contribution in [2.24, 2.45) is 0 Å². The van der Waals surface area contributed by atoms with E-state index in [0.29, 0.717) is 12.4 Å². The minimum atomic E-state index is 0.617. The maximum Gasteiger partial charge on any atom is 0.212 e. The van der Waals surface area contributed by atoms with Crippen molar-refractivity contribution < 1.29 is 9.47 Å². The minimum Gasteiger partial charge on any atom is -0.497 e. The molecule has 0 saturated carbocycles. The summed E-state index contributed by atoms with van der Waals surface area (Å²) < 4.78 is 11.4. The monoisotopic (exact) mass is 301 g/mol. The third-order valence-electron chi connectivity index (χ3n) is 3.05. The van der Waals surface area contributed by atoms with E-state index in [1.54, 1.807) is 31.8 Å². The molecule has 0 amide bonds. The van der Waals surface area contributed by atoms with Crippen LogP contribution in [0, 0.1) is 0 Å². The van der Waals surface area contributed by atoms with Gasteiger partial charge in [0.1, 0.15) is 5.75 Å². The Hall–Kier alpha value is -2.34. The van der Waals surface area contributed by atoms with Crippen LogP contribution in [0.15, 0.2) is 36.5 Å². The lowest BCUT2D eigenvalue weighted by atomic mass is 10.3. The molecule has 0 aliphatic carbocycles. The summed E-state index contributed by atoms with van der Waals surface area (Å²) in [6.45, 7) is 0.675. The van der Waals surface area contributed by atoms with E-state index < -0.39 is 0 Å². The highest BCUT2D eigenvalue weighted by Gasteiger charge is 2.05. The number of benzene rings is 1. The number of aromatic nitrogens is 2. The van der Waals surface area contributed by atoms with Crippen molar-refractivity contribution in [3.8, 4) is 11.6 Å². The zero-order valence-corrected chi connectivity index (χ0v) is 12.6. The van der Waals surface area contributed by atoms with Gasteiger partial charge >= 0.3 is 0 Å². The molecule has 3 rings (SSSR count). The third kappa shape index (κ3) is 3.05. The molecule has 108 valence electrons. The Balaban J connectivity index is 1.72. The van der Waals surface area contributed by atoms with E-state index in [-0.39, 0.29) is 0 Å². The maximum absolute atomic E-state index is 5.22. The highest BCUT2D eigenvalue weighted by molar-refractivity contribution is 7.22. The molecule has 0 unspecified atom stereocenters. The van der Waals surface area contributed by atoms with Crippen molar-refractivity contribution in [1.82, 2.24) is 9.97 Å². The number of hydrogen-bond acceptors (Lipinski definition) is 6. The Kier molecular flexibility index (Phi) is 3.87. The van der Waals surface area contributed by atoms with Gasteiger partial charge in [0.05, 0.1) is 24.4 Å². The van der Waals surface area contributed by atoms with Crippen LogP contribution in [0.25, 0.3) is 10.2 Å². The highest BCUT2D eigenvalue weighted by atomic mass is 32.1. The van der Waals surface area contributed by atoms with Crippen LogP contribution in [0.5, 0.6) is 11.6 Å². The van der Waals surface area contributed by atoms with E-state index in [2.05, 4.69) is 15.3 Å². The van der Waals surface area contributed by atoms with E-state index in [9.17, 15) is 0 Å². The van der Waals surface area contributed by atoms with Gasteiger partial charge in [-0.05, 0) is 23.8 Å². The summed E-state index contributed by atoms with van der Waals surface area (Å²) in [5.41, 5.74) is 2.05. The molecule has 1 aromatic carbocycles. The molecule has 2 heterocycles. The maximum atomic E-state index is 5.22. The SMILES string of the molecule is COc1ccc2nc(NCc3ccc(OC)nc3)sc2c1. The van der Waals surface area contributed by atoms with Crippen LogP contribution in [-0.2, 0) is 6.54 Å². The number of anilines is 1. The molecule has 0 atom stereocenters. The Morgan fingerprint density at radius 2 is 2.05 bits per heavy atom. The molecule has 0 aliphatic heterocycles. The molecule has 0 radical (unpaired) electrons. The second kappa shape index (κ2) is 5.97. The number of methoxy groups -OCH3 is 2. The lowest BCUT2D eigenvalue weighted by Gasteiger charge is -2.03. The Bertz CT molecular complexity index is 740. The number of rotatable bonds is 5. The number of ether oxygens (including phenoxy) is 2. The molecule has 6 heteroatoms. The fraction of sp³-hybridized carbons (Fsp3) is 0.200. The van der Waals surface area contributed by atoms with Crippen molar-refractivity contribution in [2.45, 2.75) is 6.54 Å². The van der Waals surface area contributed by atoms with Gasteiger partial charge in [0, 0.05) is 18.8 Å². The zero-order valence-electron chi connectivity index (χ0n) is 11.8. The molecule has 0 fully saturated rings. The average molecular weight is 301 g/mol. The zero-order chi connectivity index (χ0) is 14.7. The molecule has 0 bridgehead atoms. The Morgan fingerprint density at radius 3 is 2.76 bits per heavy atom. The molecule has 0 aliphatic rings. The van der Waals surface area contributed by atoms with Gasteiger partial charge in [-0.1, -0.05) is 17.4 Å². The number of nitrogens with zero attached hydrogens (tertiary/aromatic N) is 2. The summed E-state index contributed by atoms with van der Waals surface area (Å²) in [6, 6.07) is 9.70. The normalized spacial score (nSPS) is 10.6. The van der Waals surface area contributed by atoms with Crippen molar-refractivity contribution in [3.63, 3.8) is 0 Å². The van der Waals surface area contributed by atoms with Crippen LogP contribution >= 0.6 is 11.3 Å². The minimum absolute atomic E-state index is 0.617. The van der Waals surface area contributed by atoms with E-state index in [4.69, 9.17) is 9.47 Å². The highest BCUT2D eigenvalue weighted by Crippen LogP contribution is 2.29. The molecule has 21 heavy (non-hydrogen) atoms. The van der Waals surface area contributed by atoms with Crippen LogP contribution in [0.2, 0.25) is 0 Å². The molecule has 5 nitrogen and oxygen atoms in total. The second-order valence-electron chi connectivity index (χ2n) is 4.42. The van der Waals surface area contributed by atoms with Crippen LogP contribution in [0.3, 0.4) is 0 Å². The van der Waals surface area contributed by atoms with Gasteiger partial charge in [-0.3, -0.25) is 0 Å². The van der Waals surface area contributed by atoms with Gasteiger partial charge in [0.15, 0.2) is 5.13 Å². The smallest absolute Gasteiger partial charge is 0.212 e. The molecule has 1 N–H and O–H groups in total. The lowest BCUT2D eigenvalue weighted by molar-refractivity contribution is 0.397. The first-order valence-corrected chi connectivity index (χ1v) is 7.27. The standard InChI is InChI=1S/C15H15N3O2S/c1-19-11-4-5-12-13(7-11)21-15(18-12)17-9-10-3-6-14(20-2)16-8-10/h3-8H,9H2,1-2H3,(H,17,18). The first kappa shape index (κ1) is 13.6. The van der Waals surface area contributed by atoms with Crippen molar-refractivity contribution in [1.29, 1.82) is 0 Å². The van der Waals surface area contributed by atoms with Crippen LogP contribution in [-0.4, -0.2) is 24.2 Å². The predicted molar refractivity (Wildman–Crippen MR) is 84.3 cm³/mol. The Morgan fingerprint density at radius 1 is 1.14 bits per heavy atom. The summed E-state index contributed by atoms with van der Waals surface area (Å²) in [5.74, 6) is 1.46. The van der Waals surface area contributed by atoms with E-state index in [1.165, 1.54) is 0 Å². The van der Waals surface area contributed by atoms with Gasteiger partial charge in [-0.25, -0.2) is 9.97 Å². The number of nitrogens with one attached hydrogen (secondary N) is 1. The second-order valence-corrected chi connectivity index (χ2v) is 5.45. The molecular weight excluding hydrogens is 286 g/mol. The molecular formula is C15H15N3O2S. The number of thiazole rings is 1. The number of pyridine rings is 1. The molecule has 3 aromatic rings. The summed E-state index contributed by atoms with van der Waals surface area (Å²) >= 11 is 1.61. The van der Waals surface area contributed by atoms with Gasteiger partial charge < -0.3 is 14.8 Å². The average Bonchev–Trinajstić information content (AvgIpc) is 2.95. The number of hydrogen-bond donors (Lipinski definition) is 1. The van der Waals surface area contributed by atoms with E-state index in [0.717, 1.165) is 26.7 Å². The number of fused-ring (bicyclic) bond motifs is 1. The van der Waals surface area contributed by atoms with Gasteiger partial charge in [0.25, 0.3) is 0 Å². The molecule has 2 aromatic heterocycles. The van der Waals surface area contributed by atoms with Gasteiger partial charge in [-0.15, -0.1) is 0 Å². The molecule has 0 spiro atoms. The summed E-state index contributed by atoms with van der Waals surface area (Å²) in [4.78, 5) is 8.72. The summed E-state index contributed by atoms with van der Waals surface area (Å²) in [5, 5.41) is 4.19. The van der Waals surface area contributed by atoms with E-state index in [1.807, 2.05) is 30.3 Å². The van der Waals surface area contributed by atoms with Crippen molar-refractivity contribution in [2.75, 3.05) is 19.5 Å². The lowest BCUT2D eigenvalue weighted by Crippen LogP contribution is -1.99. The fourth-order valence-corrected chi connectivity index (χ4v) is 2.81. The topological polar surface area (TPSA) is 56.3 Å². The predicted octanol–water partition coefficient (Wildman–Crippen LogP) is 3.32. The summed E-state index contributed by atoms with van der Waals surface area (Å²) in [6.07, 6.45) is 1.79. The fourth-order valence-electron chi connectivity index (χ4n) is 1.92. The van der Waals surface area contributed by atoms with Crippen molar-refractivity contribution in [3.05, 3.63) is 42.1 Å². The third-order valence-corrected chi connectivity index (χ3v) is 4.02. The van der Waals surface area contributed by atoms with Crippen LogP contribution < -0.4 is 14.8 Å². The largest absolute Gasteiger partial charge is 0.497 e. The quantitative estimate of drug-likeness (QED) is 0.783. The van der Waals surface area contributed by atoms with Crippen molar-refractivity contribution >= 4 is 26.7 Å².